The fraction of sp³-hybridized carbons (Fsp3) is 0.250. The molecule has 3 N–H and O–H groups in total. The molecule has 5 rings (SSSR count). The Labute approximate surface area is 191 Å². The second-order valence-electron chi connectivity index (χ2n) is 8.22. The summed E-state index contributed by atoms with van der Waals surface area (Å²) in [6, 6.07) is 11.0. The first kappa shape index (κ1) is 22.0. The van der Waals surface area contributed by atoms with Crippen LogP contribution in [-0.2, 0) is 12.6 Å². The van der Waals surface area contributed by atoms with E-state index in [9.17, 15) is 27.9 Å². The molecule has 1 atom stereocenters. The summed E-state index contributed by atoms with van der Waals surface area (Å²) in [4.78, 5) is 33.1. The van der Waals surface area contributed by atoms with Crippen molar-refractivity contribution in [3.05, 3.63) is 91.8 Å². The van der Waals surface area contributed by atoms with Gasteiger partial charge < -0.3 is 10.1 Å². The van der Waals surface area contributed by atoms with Crippen molar-refractivity contribution < 1.29 is 18.3 Å². The van der Waals surface area contributed by atoms with E-state index in [-0.39, 0.29) is 11.3 Å². The summed E-state index contributed by atoms with van der Waals surface area (Å²) in [6.45, 7) is 3.05. The third-order valence-electron chi connectivity index (χ3n) is 6.37. The van der Waals surface area contributed by atoms with Gasteiger partial charge in [-0.05, 0) is 42.8 Å². The van der Waals surface area contributed by atoms with Gasteiger partial charge in [-0.2, -0.15) is 13.2 Å². The number of nitrogens with zero attached hydrogens (tertiary/aromatic N) is 2. The maximum atomic E-state index is 13.3. The predicted molar refractivity (Wildman–Crippen MR) is 120 cm³/mol. The van der Waals surface area contributed by atoms with Crippen LogP contribution in [-0.4, -0.2) is 37.6 Å². The number of para-hydroxylation sites is 1. The van der Waals surface area contributed by atoms with Crippen LogP contribution in [0.1, 0.15) is 35.3 Å². The molecule has 0 unspecified atom stereocenters. The number of aromatic hydroxyl groups is 1. The lowest BCUT2D eigenvalue weighted by Crippen LogP contribution is -2.41. The molecule has 7 nitrogen and oxygen atoms in total. The average molecular weight is 470 g/mol. The first-order valence-corrected chi connectivity index (χ1v) is 10.8. The second kappa shape index (κ2) is 7.91. The molecule has 4 aromatic rings. The minimum Gasteiger partial charge on any atom is -0.494 e. The van der Waals surface area contributed by atoms with E-state index in [1.165, 1.54) is 6.07 Å². The summed E-state index contributed by atoms with van der Waals surface area (Å²) in [5, 5.41) is 12.2. The average Bonchev–Trinajstić information content (AvgIpc) is 3.17. The first-order valence-electron chi connectivity index (χ1n) is 10.8. The van der Waals surface area contributed by atoms with E-state index in [1.54, 1.807) is 0 Å². The van der Waals surface area contributed by atoms with Crippen LogP contribution in [0.25, 0.3) is 16.6 Å². The van der Waals surface area contributed by atoms with Crippen molar-refractivity contribution in [1.29, 1.82) is 0 Å². The summed E-state index contributed by atoms with van der Waals surface area (Å²) in [5.41, 5.74) is -0.517. The van der Waals surface area contributed by atoms with Gasteiger partial charge in [0.25, 0.3) is 5.56 Å². The molecule has 1 aliphatic heterocycles. The molecule has 10 heteroatoms. The molecule has 0 amide bonds. The van der Waals surface area contributed by atoms with Crippen molar-refractivity contribution in [2.24, 2.45) is 0 Å². The topological polar surface area (TPSA) is 94.1 Å². The van der Waals surface area contributed by atoms with E-state index in [1.807, 2.05) is 36.1 Å². The molecule has 176 valence electrons. The first-order chi connectivity index (χ1) is 16.2. The number of halogens is 3. The molecule has 3 heterocycles. The summed E-state index contributed by atoms with van der Waals surface area (Å²) in [6.07, 6.45) is -3.92. The number of likely N-dealkylation sites (N-methyl/N-ethyl adjacent to an activating group) is 1. The standard InChI is InChI=1S/C24H21F3N4O3/c1-2-30-11-10-16-15-8-3-4-9-17(15)28-19(16)20(30)18-21(32)29-23(34)31(22(18)33)14-7-5-6-13(12-14)24(25,26)27/h3-9,12,20,28,33H,2,10-11H2,1H3,(H,29,32,34)/t20-/m0/s1. The van der Waals surface area contributed by atoms with Gasteiger partial charge in [-0.3, -0.25) is 14.7 Å². The number of nitrogens with one attached hydrogen (secondary N) is 2. The molecule has 34 heavy (non-hydrogen) atoms. The van der Waals surface area contributed by atoms with Gasteiger partial charge in [-0.25, -0.2) is 9.36 Å². The number of alkyl halides is 3. The molecule has 0 fully saturated rings. The number of fused-ring (bicyclic) bond motifs is 3. The zero-order chi connectivity index (χ0) is 24.2. The molecule has 0 saturated carbocycles. The van der Waals surface area contributed by atoms with Gasteiger partial charge in [0, 0.05) is 23.1 Å². The van der Waals surface area contributed by atoms with Crippen molar-refractivity contribution in [2.75, 3.05) is 13.1 Å². The van der Waals surface area contributed by atoms with E-state index in [2.05, 4.69) is 9.97 Å². The van der Waals surface area contributed by atoms with E-state index < -0.39 is 34.9 Å². The van der Waals surface area contributed by atoms with Gasteiger partial charge in [0.2, 0.25) is 5.88 Å². The van der Waals surface area contributed by atoms with Gasteiger partial charge in [0.05, 0.1) is 17.3 Å². The Balaban J connectivity index is 1.76. The Morgan fingerprint density at radius 1 is 1.09 bits per heavy atom. The number of aromatic amines is 2. The lowest BCUT2D eigenvalue weighted by molar-refractivity contribution is -0.137. The quantitative estimate of drug-likeness (QED) is 0.426. The van der Waals surface area contributed by atoms with Crippen molar-refractivity contribution >= 4 is 10.9 Å². The van der Waals surface area contributed by atoms with Crippen LogP contribution in [0.15, 0.2) is 58.1 Å². The molecule has 0 aliphatic carbocycles. The molecule has 2 aromatic carbocycles. The van der Waals surface area contributed by atoms with Crippen molar-refractivity contribution in [1.82, 2.24) is 19.4 Å². The molecule has 2 aromatic heterocycles. The predicted octanol–water partition coefficient (Wildman–Crippen LogP) is 3.70. The lowest BCUT2D eigenvalue weighted by atomic mass is 9.93. The second-order valence-corrected chi connectivity index (χ2v) is 8.22. The highest BCUT2D eigenvalue weighted by molar-refractivity contribution is 5.85. The number of hydrogen-bond acceptors (Lipinski definition) is 4. The fourth-order valence-corrected chi connectivity index (χ4v) is 4.80. The summed E-state index contributed by atoms with van der Waals surface area (Å²) >= 11 is 0. The Hall–Kier alpha value is -3.79. The fourth-order valence-electron chi connectivity index (χ4n) is 4.80. The van der Waals surface area contributed by atoms with E-state index in [0.29, 0.717) is 23.4 Å². The molecular weight excluding hydrogens is 449 g/mol. The molecule has 0 spiro atoms. The minimum atomic E-state index is -4.64. The normalized spacial score (nSPS) is 16.6. The van der Waals surface area contributed by atoms with Crippen molar-refractivity contribution in [3.8, 4) is 11.6 Å². The Morgan fingerprint density at radius 2 is 1.85 bits per heavy atom. The summed E-state index contributed by atoms with van der Waals surface area (Å²) in [7, 11) is 0. The molecule has 1 aliphatic rings. The van der Waals surface area contributed by atoms with E-state index in [0.717, 1.165) is 41.1 Å². The number of hydrogen-bond donors (Lipinski definition) is 3. The van der Waals surface area contributed by atoms with Gasteiger partial charge in [-0.1, -0.05) is 31.2 Å². The Bertz CT molecular complexity index is 1520. The van der Waals surface area contributed by atoms with Crippen LogP contribution in [0, 0.1) is 0 Å². The molecule has 0 saturated heterocycles. The minimum absolute atomic E-state index is 0.105. The SMILES string of the molecule is CCN1CCc2c([nH]c3ccccc23)[C@@H]1c1c(O)n(-c2cccc(C(F)(F)F)c2)c(=O)[nH]c1=O. The number of rotatable bonds is 3. The maximum Gasteiger partial charge on any atom is 0.416 e. The van der Waals surface area contributed by atoms with Gasteiger partial charge in [0.1, 0.15) is 5.56 Å². The maximum absolute atomic E-state index is 13.3. The molecular formula is C24H21F3N4O3. The van der Waals surface area contributed by atoms with Gasteiger partial charge >= 0.3 is 11.9 Å². The van der Waals surface area contributed by atoms with Crippen molar-refractivity contribution in [2.45, 2.75) is 25.6 Å². The summed E-state index contributed by atoms with van der Waals surface area (Å²) < 4.78 is 40.5. The largest absolute Gasteiger partial charge is 0.494 e. The Morgan fingerprint density at radius 3 is 2.59 bits per heavy atom. The van der Waals surface area contributed by atoms with Crippen LogP contribution in [0.4, 0.5) is 13.2 Å². The Kier molecular flexibility index (Phi) is 5.12. The number of H-pyrrole nitrogens is 2. The smallest absolute Gasteiger partial charge is 0.416 e. The highest BCUT2D eigenvalue weighted by Crippen LogP contribution is 2.40. The van der Waals surface area contributed by atoms with Crippen LogP contribution >= 0.6 is 0 Å². The van der Waals surface area contributed by atoms with Gasteiger partial charge in [-0.15, -0.1) is 0 Å². The third kappa shape index (κ3) is 3.41. The van der Waals surface area contributed by atoms with E-state index >= 15 is 0 Å². The zero-order valence-electron chi connectivity index (χ0n) is 18.1. The number of aromatic nitrogens is 3. The van der Waals surface area contributed by atoms with E-state index in [4.69, 9.17) is 0 Å². The van der Waals surface area contributed by atoms with Crippen LogP contribution < -0.4 is 11.2 Å². The molecule has 0 bridgehead atoms. The summed E-state index contributed by atoms with van der Waals surface area (Å²) in [5.74, 6) is -0.692. The van der Waals surface area contributed by atoms with Crippen molar-refractivity contribution in [3.63, 3.8) is 0 Å². The van der Waals surface area contributed by atoms with Crippen LogP contribution in [0.5, 0.6) is 5.88 Å². The van der Waals surface area contributed by atoms with Crippen LogP contribution in [0.3, 0.4) is 0 Å². The highest BCUT2D eigenvalue weighted by atomic mass is 19.4. The van der Waals surface area contributed by atoms with Crippen LogP contribution in [0.2, 0.25) is 0 Å². The lowest BCUT2D eigenvalue weighted by Gasteiger charge is -2.35. The highest BCUT2D eigenvalue weighted by Gasteiger charge is 2.36. The monoisotopic (exact) mass is 470 g/mol. The third-order valence-corrected chi connectivity index (χ3v) is 6.37. The zero-order valence-corrected chi connectivity index (χ0v) is 18.1. The number of benzene rings is 2. The van der Waals surface area contributed by atoms with Gasteiger partial charge in [0.15, 0.2) is 0 Å². The molecule has 0 radical (unpaired) electrons.